The van der Waals surface area contributed by atoms with Gasteiger partial charge in [-0.3, -0.25) is 4.90 Å². The number of benzene rings is 2. The minimum absolute atomic E-state index is 0.0717. The summed E-state index contributed by atoms with van der Waals surface area (Å²) in [4.78, 5) is 5.92. The summed E-state index contributed by atoms with van der Waals surface area (Å²) >= 11 is 0. The van der Waals surface area contributed by atoms with Gasteiger partial charge in [0.15, 0.2) is 0 Å². The number of likely N-dealkylation sites (tertiary alicyclic amines) is 1. The summed E-state index contributed by atoms with van der Waals surface area (Å²) in [5.41, 5.74) is 4.31. The maximum atomic E-state index is 14.0. The number of halogens is 2. The number of piperidine rings is 1. The number of rotatable bonds is 3. The van der Waals surface area contributed by atoms with Gasteiger partial charge in [0.1, 0.15) is 17.4 Å². The Bertz CT molecular complexity index is 1050. The van der Waals surface area contributed by atoms with Crippen molar-refractivity contribution in [3.05, 3.63) is 64.9 Å². The second-order valence-electron chi connectivity index (χ2n) is 8.16. The van der Waals surface area contributed by atoms with E-state index in [2.05, 4.69) is 27.3 Å². The molecule has 1 saturated heterocycles. The molecule has 152 valence electrons. The van der Waals surface area contributed by atoms with Crippen LogP contribution in [-0.2, 0) is 18.5 Å². The van der Waals surface area contributed by atoms with Gasteiger partial charge >= 0.3 is 0 Å². The molecule has 0 amide bonds. The molecule has 6 heteroatoms. The highest BCUT2D eigenvalue weighted by Gasteiger charge is 2.41. The molecule has 0 atom stereocenters. The largest absolute Gasteiger partial charge is 0.497 e. The van der Waals surface area contributed by atoms with E-state index in [-0.39, 0.29) is 5.54 Å². The second-order valence-corrected chi connectivity index (χ2v) is 8.16. The van der Waals surface area contributed by atoms with Crippen molar-refractivity contribution >= 4 is 10.9 Å². The predicted molar refractivity (Wildman–Crippen MR) is 109 cm³/mol. The summed E-state index contributed by atoms with van der Waals surface area (Å²) in [5, 5.41) is 5.02. The van der Waals surface area contributed by atoms with Gasteiger partial charge in [-0.2, -0.15) is 0 Å². The monoisotopic (exact) mass is 397 g/mol. The number of nitrogens with one attached hydrogen (secondary N) is 2. The number of hydrogen-bond acceptors (Lipinski definition) is 3. The third kappa shape index (κ3) is 3.20. The zero-order valence-corrected chi connectivity index (χ0v) is 16.5. The Balaban J connectivity index is 1.38. The minimum Gasteiger partial charge on any atom is -0.497 e. The molecule has 3 heterocycles. The zero-order valence-electron chi connectivity index (χ0n) is 16.5. The number of hydrogen-bond donors (Lipinski definition) is 2. The van der Waals surface area contributed by atoms with Crippen LogP contribution in [0.3, 0.4) is 0 Å². The maximum absolute atomic E-state index is 14.0. The van der Waals surface area contributed by atoms with Crippen molar-refractivity contribution in [2.24, 2.45) is 0 Å². The van der Waals surface area contributed by atoms with Crippen LogP contribution in [0.15, 0.2) is 36.4 Å². The Morgan fingerprint density at radius 1 is 1.10 bits per heavy atom. The van der Waals surface area contributed by atoms with Crippen molar-refractivity contribution in [3.8, 4) is 5.75 Å². The van der Waals surface area contributed by atoms with E-state index in [4.69, 9.17) is 4.74 Å². The second kappa shape index (κ2) is 7.11. The Labute approximate surface area is 168 Å². The first kappa shape index (κ1) is 18.6. The lowest BCUT2D eigenvalue weighted by Gasteiger charge is -2.45. The van der Waals surface area contributed by atoms with Crippen LogP contribution >= 0.6 is 0 Å². The lowest BCUT2D eigenvalue weighted by atomic mass is 9.79. The zero-order chi connectivity index (χ0) is 20.0. The number of aromatic amines is 1. The molecule has 1 spiro atoms. The number of ether oxygens (including phenoxy) is 1. The topological polar surface area (TPSA) is 40.3 Å². The van der Waals surface area contributed by atoms with E-state index < -0.39 is 11.6 Å². The van der Waals surface area contributed by atoms with Gasteiger partial charge < -0.3 is 15.0 Å². The van der Waals surface area contributed by atoms with Crippen LogP contribution in [0.2, 0.25) is 0 Å². The first-order chi connectivity index (χ1) is 14.1. The van der Waals surface area contributed by atoms with Gasteiger partial charge in [0.05, 0.1) is 12.6 Å². The van der Waals surface area contributed by atoms with Gasteiger partial charge in [0.2, 0.25) is 0 Å². The van der Waals surface area contributed by atoms with Crippen molar-refractivity contribution < 1.29 is 13.5 Å². The maximum Gasteiger partial charge on any atom is 0.130 e. The molecule has 2 aliphatic rings. The number of nitrogens with zero attached hydrogens (tertiary/aromatic N) is 1. The fraction of sp³-hybridized carbons (Fsp3) is 0.391. The highest BCUT2D eigenvalue weighted by Crippen LogP contribution is 2.41. The van der Waals surface area contributed by atoms with E-state index in [9.17, 15) is 8.78 Å². The minimum atomic E-state index is -0.529. The molecule has 0 aliphatic carbocycles. The first-order valence-corrected chi connectivity index (χ1v) is 10.2. The summed E-state index contributed by atoms with van der Waals surface area (Å²) in [7, 11) is 1.70. The molecule has 2 aromatic carbocycles. The Kier molecular flexibility index (Phi) is 4.56. The summed E-state index contributed by atoms with van der Waals surface area (Å²) < 4.78 is 32.6. The smallest absolute Gasteiger partial charge is 0.130 e. The summed E-state index contributed by atoms with van der Waals surface area (Å²) in [6.45, 7) is 3.19. The fourth-order valence-corrected chi connectivity index (χ4v) is 4.95. The molecule has 29 heavy (non-hydrogen) atoms. The van der Waals surface area contributed by atoms with Gasteiger partial charge in [-0.05, 0) is 49.1 Å². The van der Waals surface area contributed by atoms with Crippen molar-refractivity contribution in [1.29, 1.82) is 0 Å². The van der Waals surface area contributed by atoms with Crippen LogP contribution in [0.5, 0.6) is 5.75 Å². The van der Waals surface area contributed by atoms with Crippen LogP contribution in [0.1, 0.15) is 29.7 Å². The van der Waals surface area contributed by atoms with Gasteiger partial charge in [0, 0.05) is 54.4 Å². The van der Waals surface area contributed by atoms with Gasteiger partial charge in [-0.1, -0.05) is 6.07 Å². The molecular formula is C23H25F2N3O. The van der Waals surface area contributed by atoms with Crippen LogP contribution in [0.4, 0.5) is 8.78 Å². The number of fused-ring (bicyclic) bond motifs is 4. The Hall–Kier alpha value is -2.44. The van der Waals surface area contributed by atoms with Crippen LogP contribution < -0.4 is 10.1 Å². The normalized spacial score (nSPS) is 18.9. The van der Waals surface area contributed by atoms with Crippen LogP contribution in [0.25, 0.3) is 10.9 Å². The van der Waals surface area contributed by atoms with Crippen molar-refractivity contribution in [2.45, 2.75) is 31.3 Å². The van der Waals surface area contributed by atoms with Gasteiger partial charge in [-0.15, -0.1) is 0 Å². The Morgan fingerprint density at radius 2 is 1.93 bits per heavy atom. The molecule has 1 aromatic heterocycles. The van der Waals surface area contributed by atoms with Crippen LogP contribution in [0, 0.1) is 11.6 Å². The number of H-pyrrole nitrogens is 1. The standard InChI is InChI=1S/C23H25F2N3O/c1-29-17-4-5-21-19(13-17)18-6-9-26-23(22(18)27-21)7-10-28(11-8-23)14-15-2-3-16(24)12-20(15)25/h2-5,12-13,26-27H,6-11,14H2,1H3. The van der Waals surface area contributed by atoms with Gasteiger partial charge in [-0.25, -0.2) is 8.78 Å². The molecule has 3 aromatic rings. The number of aromatic nitrogens is 1. The quantitative estimate of drug-likeness (QED) is 0.699. The SMILES string of the molecule is COc1ccc2[nH]c3c(c2c1)CCNC31CCN(Cc2ccc(F)cc2F)CC1. The molecular weight excluding hydrogens is 372 g/mol. The molecule has 5 rings (SSSR count). The molecule has 0 saturated carbocycles. The average molecular weight is 397 g/mol. The lowest BCUT2D eigenvalue weighted by molar-refractivity contribution is 0.120. The third-order valence-corrected chi connectivity index (χ3v) is 6.55. The third-order valence-electron chi connectivity index (χ3n) is 6.55. The highest BCUT2D eigenvalue weighted by molar-refractivity contribution is 5.86. The highest BCUT2D eigenvalue weighted by atomic mass is 19.1. The van der Waals surface area contributed by atoms with E-state index >= 15 is 0 Å². The van der Waals surface area contributed by atoms with E-state index in [1.165, 1.54) is 22.7 Å². The molecule has 0 unspecified atom stereocenters. The van der Waals surface area contributed by atoms with E-state index in [1.54, 1.807) is 13.2 Å². The Morgan fingerprint density at radius 3 is 2.69 bits per heavy atom. The fourth-order valence-electron chi connectivity index (χ4n) is 4.95. The molecule has 0 bridgehead atoms. The average Bonchev–Trinajstić information content (AvgIpc) is 3.11. The van der Waals surface area contributed by atoms with E-state index in [1.807, 2.05) is 6.07 Å². The van der Waals surface area contributed by atoms with Crippen molar-refractivity contribution in [3.63, 3.8) is 0 Å². The molecule has 1 fully saturated rings. The molecule has 2 aliphatic heterocycles. The molecule has 0 radical (unpaired) electrons. The molecule has 4 nitrogen and oxygen atoms in total. The predicted octanol–water partition coefficient (Wildman–Crippen LogP) is 4.09. The van der Waals surface area contributed by atoms with Crippen molar-refractivity contribution in [1.82, 2.24) is 15.2 Å². The first-order valence-electron chi connectivity index (χ1n) is 10.2. The van der Waals surface area contributed by atoms with E-state index in [0.717, 1.165) is 56.2 Å². The lowest BCUT2D eigenvalue weighted by Crippen LogP contribution is -2.54. The summed E-state index contributed by atoms with van der Waals surface area (Å²) in [6.07, 6.45) is 2.90. The van der Waals surface area contributed by atoms with Gasteiger partial charge in [0.25, 0.3) is 0 Å². The van der Waals surface area contributed by atoms with Crippen LogP contribution in [-0.4, -0.2) is 36.6 Å². The number of methoxy groups -OCH3 is 1. The van der Waals surface area contributed by atoms with Crippen molar-refractivity contribution in [2.75, 3.05) is 26.7 Å². The summed E-state index contributed by atoms with van der Waals surface area (Å²) in [6, 6.07) is 10.1. The molecule has 2 N–H and O–H groups in total. The summed E-state index contributed by atoms with van der Waals surface area (Å²) in [5.74, 6) is -0.117. The van der Waals surface area contributed by atoms with E-state index in [0.29, 0.717) is 12.1 Å².